The molecule has 0 radical (unpaired) electrons. The maximum atomic E-state index is 12.4. The number of sulfonamides is 1. The molecule has 0 saturated carbocycles. The minimum Gasteiger partial charge on any atom is -0.356 e. The van der Waals surface area contributed by atoms with Crippen LogP contribution in [0.2, 0.25) is 0 Å². The molecular weight excluding hydrogens is 354 g/mol. The van der Waals surface area contributed by atoms with E-state index in [1.165, 1.54) is 35.6 Å². The molecular formula is C18H23N3O4S. The van der Waals surface area contributed by atoms with E-state index < -0.39 is 10.0 Å². The first-order chi connectivity index (χ1) is 12.3. The molecule has 7 nitrogen and oxygen atoms in total. The van der Waals surface area contributed by atoms with Crippen molar-refractivity contribution < 1.29 is 18.0 Å². The molecule has 1 heterocycles. The quantitative estimate of drug-likeness (QED) is 0.689. The van der Waals surface area contributed by atoms with Crippen LogP contribution in [0, 0.1) is 0 Å². The van der Waals surface area contributed by atoms with Gasteiger partial charge in [-0.15, -0.1) is 0 Å². The lowest BCUT2D eigenvalue weighted by molar-refractivity contribution is 0.0946. The van der Waals surface area contributed by atoms with Crippen LogP contribution in [0.5, 0.6) is 0 Å². The highest BCUT2D eigenvalue weighted by molar-refractivity contribution is 7.89. The van der Waals surface area contributed by atoms with Crippen LogP contribution < -0.4 is 5.32 Å². The van der Waals surface area contributed by atoms with Gasteiger partial charge in [0.05, 0.1) is 4.90 Å². The lowest BCUT2D eigenvalue weighted by atomic mass is 10.2. The van der Waals surface area contributed by atoms with Crippen molar-refractivity contribution in [3.63, 3.8) is 0 Å². The Morgan fingerprint density at radius 3 is 2.23 bits per heavy atom. The summed E-state index contributed by atoms with van der Waals surface area (Å²) in [5.41, 5.74) is 1.52. The Morgan fingerprint density at radius 1 is 1.12 bits per heavy atom. The van der Waals surface area contributed by atoms with Crippen molar-refractivity contribution in [2.75, 3.05) is 13.1 Å². The number of nitrogens with zero attached hydrogens (tertiary/aromatic N) is 1. The smallest absolute Gasteiger partial charge is 0.267 e. The standard InChI is InChI=1S/C18H23N3O4S/c1-4-21(5-2)26(24,25)16-8-6-14(7-9-16)11-20-18(23)17-10-15(12-19-17)13(3)22/h6-10,12,19H,4-5,11H2,1-3H3,(H,20,23). The molecule has 1 aromatic heterocycles. The van der Waals surface area contributed by atoms with Crippen LogP contribution in [0.25, 0.3) is 0 Å². The molecule has 0 bridgehead atoms. The van der Waals surface area contributed by atoms with Gasteiger partial charge in [0.1, 0.15) is 5.69 Å². The number of benzene rings is 1. The largest absolute Gasteiger partial charge is 0.356 e. The average Bonchev–Trinajstić information content (AvgIpc) is 3.11. The second-order valence-electron chi connectivity index (χ2n) is 5.77. The normalized spacial score (nSPS) is 11.5. The van der Waals surface area contributed by atoms with Crippen LogP contribution >= 0.6 is 0 Å². The van der Waals surface area contributed by atoms with Crippen LogP contribution in [0.15, 0.2) is 41.4 Å². The summed E-state index contributed by atoms with van der Waals surface area (Å²) in [6.07, 6.45) is 1.49. The third-order valence-corrected chi connectivity index (χ3v) is 6.12. The molecule has 0 aliphatic carbocycles. The highest BCUT2D eigenvalue weighted by Crippen LogP contribution is 2.16. The number of rotatable bonds is 8. The number of hydrogen-bond donors (Lipinski definition) is 2. The molecule has 1 amide bonds. The third-order valence-electron chi connectivity index (χ3n) is 4.05. The molecule has 2 aromatic rings. The molecule has 1 aromatic carbocycles. The Bertz CT molecular complexity index is 881. The van der Waals surface area contributed by atoms with E-state index in [1.54, 1.807) is 26.0 Å². The number of nitrogens with one attached hydrogen (secondary N) is 2. The summed E-state index contributed by atoms with van der Waals surface area (Å²) < 4.78 is 26.3. The number of H-pyrrole nitrogens is 1. The van der Waals surface area contributed by atoms with Gasteiger partial charge in [0.2, 0.25) is 10.0 Å². The van der Waals surface area contributed by atoms with Gasteiger partial charge < -0.3 is 10.3 Å². The lowest BCUT2D eigenvalue weighted by Crippen LogP contribution is -2.30. The van der Waals surface area contributed by atoms with Gasteiger partial charge in [-0.25, -0.2) is 8.42 Å². The van der Waals surface area contributed by atoms with Crippen molar-refractivity contribution in [1.82, 2.24) is 14.6 Å². The summed E-state index contributed by atoms with van der Waals surface area (Å²) in [6, 6.07) is 7.92. The number of aromatic amines is 1. The second kappa shape index (κ2) is 8.29. The Hall–Kier alpha value is -2.45. The Balaban J connectivity index is 2.03. The number of carbonyl (C=O) groups excluding carboxylic acids is 2. The van der Waals surface area contributed by atoms with Crippen LogP contribution in [0.1, 0.15) is 47.2 Å². The van der Waals surface area contributed by atoms with Gasteiger partial charge >= 0.3 is 0 Å². The summed E-state index contributed by atoms with van der Waals surface area (Å²) in [7, 11) is -3.49. The Labute approximate surface area is 153 Å². The third kappa shape index (κ3) is 4.39. The Morgan fingerprint density at radius 2 is 1.73 bits per heavy atom. The van der Waals surface area contributed by atoms with Crippen molar-refractivity contribution in [3.8, 4) is 0 Å². The zero-order valence-electron chi connectivity index (χ0n) is 15.1. The molecule has 0 atom stereocenters. The number of ketones is 1. The van der Waals surface area contributed by atoms with E-state index in [4.69, 9.17) is 0 Å². The van der Waals surface area contributed by atoms with Crippen molar-refractivity contribution in [2.45, 2.75) is 32.2 Å². The van der Waals surface area contributed by atoms with Crippen molar-refractivity contribution >= 4 is 21.7 Å². The number of amides is 1. The van der Waals surface area contributed by atoms with Gasteiger partial charge in [0.25, 0.3) is 5.91 Å². The summed E-state index contributed by atoms with van der Waals surface area (Å²) >= 11 is 0. The van der Waals surface area contributed by atoms with Gasteiger partial charge in [-0.3, -0.25) is 9.59 Å². The van der Waals surface area contributed by atoms with E-state index in [9.17, 15) is 18.0 Å². The van der Waals surface area contributed by atoms with Gasteiger partial charge in [-0.05, 0) is 30.7 Å². The van der Waals surface area contributed by atoms with Gasteiger partial charge in [-0.2, -0.15) is 4.31 Å². The van der Waals surface area contributed by atoms with Crippen LogP contribution in [0.3, 0.4) is 0 Å². The van der Waals surface area contributed by atoms with Crippen LogP contribution in [-0.4, -0.2) is 42.5 Å². The summed E-state index contributed by atoms with van der Waals surface area (Å²) in [5.74, 6) is -0.456. The minimum atomic E-state index is -3.49. The Kier molecular flexibility index (Phi) is 6.33. The summed E-state index contributed by atoms with van der Waals surface area (Å²) in [5, 5.41) is 2.73. The summed E-state index contributed by atoms with van der Waals surface area (Å²) in [6.45, 7) is 6.09. The molecule has 2 rings (SSSR count). The lowest BCUT2D eigenvalue weighted by Gasteiger charge is -2.18. The molecule has 0 saturated heterocycles. The molecule has 8 heteroatoms. The van der Waals surface area contributed by atoms with Gasteiger partial charge in [0, 0.05) is 31.4 Å². The predicted molar refractivity (Wildman–Crippen MR) is 98.5 cm³/mol. The van der Waals surface area contributed by atoms with E-state index in [1.807, 2.05) is 0 Å². The SMILES string of the molecule is CCN(CC)S(=O)(=O)c1ccc(CNC(=O)c2cc(C(C)=O)c[nH]2)cc1. The maximum Gasteiger partial charge on any atom is 0.267 e. The van der Waals surface area contributed by atoms with Gasteiger partial charge in [0.15, 0.2) is 5.78 Å². The van der Waals surface area contributed by atoms with Crippen LogP contribution in [-0.2, 0) is 16.6 Å². The maximum absolute atomic E-state index is 12.4. The number of Topliss-reactive ketones (excluding diaryl/α,β-unsaturated/α-hetero) is 1. The van der Waals surface area contributed by atoms with E-state index in [-0.39, 0.29) is 23.1 Å². The summed E-state index contributed by atoms with van der Waals surface area (Å²) in [4.78, 5) is 26.3. The molecule has 0 aliphatic rings. The van der Waals surface area contributed by atoms with E-state index >= 15 is 0 Å². The van der Waals surface area contributed by atoms with E-state index in [2.05, 4.69) is 10.3 Å². The van der Waals surface area contributed by atoms with Gasteiger partial charge in [-0.1, -0.05) is 26.0 Å². The molecule has 0 unspecified atom stereocenters. The first kappa shape index (κ1) is 19.9. The zero-order valence-corrected chi connectivity index (χ0v) is 15.9. The van der Waals surface area contributed by atoms with Crippen molar-refractivity contribution in [2.24, 2.45) is 0 Å². The highest BCUT2D eigenvalue weighted by atomic mass is 32.2. The fourth-order valence-electron chi connectivity index (χ4n) is 2.50. The van der Waals surface area contributed by atoms with E-state index in [0.717, 1.165) is 5.56 Å². The predicted octanol–water partition coefficient (Wildman–Crippen LogP) is 2.18. The number of aromatic nitrogens is 1. The topological polar surface area (TPSA) is 99.3 Å². The first-order valence-corrected chi connectivity index (χ1v) is 9.80. The van der Waals surface area contributed by atoms with E-state index in [0.29, 0.717) is 24.3 Å². The highest BCUT2D eigenvalue weighted by Gasteiger charge is 2.21. The second-order valence-corrected chi connectivity index (χ2v) is 7.71. The number of carbonyl (C=O) groups is 2. The monoisotopic (exact) mass is 377 g/mol. The minimum absolute atomic E-state index is 0.120. The molecule has 140 valence electrons. The fourth-order valence-corrected chi connectivity index (χ4v) is 3.96. The molecule has 26 heavy (non-hydrogen) atoms. The molecule has 2 N–H and O–H groups in total. The van der Waals surface area contributed by atoms with Crippen LogP contribution in [0.4, 0.5) is 0 Å². The molecule has 0 spiro atoms. The van der Waals surface area contributed by atoms with Crippen molar-refractivity contribution in [3.05, 3.63) is 53.3 Å². The molecule has 0 aliphatic heterocycles. The average molecular weight is 377 g/mol. The molecule has 0 fully saturated rings. The first-order valence-electron chi connectivity index (χ1n) is 8.36. The number of hydrogen-bond acceptors (Lipinski definition) is 4. The zero-order chi connectivity index (χ0) is 19.3. The van der Waals surface area contributed by atoms with Crippen molar-refractivity contribution in [1.29, 1.82) is 0 Å². The fraction of sp³-hybridized carbons (Fsp3) is 0.333.